The number of sulfonamides is 1. The summed E-state index contributed by atoms with van der Waals surface area (Å²) in [6, 6.07) is 13.3. The normalized spacial score (nSPS) is 13.1. The molecule has 0 saturated heterocycles. The van der Waals surface area contributed by atoms with Gasteiger partial charge in [-0.1, -0.05) is 18.2 Å². The maximum atomic E-state index is 12.8. The average molecular weight is 485 g/mol. The minimum Gasteiger partial charge on any atom is -0.291 e. The van der Waals surface area contributed by atoms with Crippen molar-refractivity contribution in [3.63, 3.8) is 0 Å². The van der Waals surface area contributed by atoms with Gasteiger partial charge in [0, 0.05) is 17.8 Å². The molecule has 1 aromatic carbocycles. The molecule has 1 N–H and O–H groups in total. The van der Waals surface area contributed by atoms with Gasteiger partial charge in [0.1, 0.15) is 22.8 Å². The number of aromatic nitrogens is 3. The number of fused-ring (bicyclic) bond motifs is 1. The lowest BCUT2D eigenvalue weighted by Gasteiger charge is -2.17. The van der Waals surface area contributed by atoms with Crippen molar-refractivity contribution in [2.24, 2.45) is 0 Å². The minimum absolute atomic E-state index is 0.263. The lowest BCUT2D eigenvalue weighted by molar-refractivity contribution is -0.147. The third kappa shape index (κ3) is 4.25. The fraction of sp³-hybridized carbons (Fsp3) is 0.174. The number of pyridine rings is 2. The first-order valence-electron chi connectivity index (χ1n) is 10.0. The van der Waals surface area contributed by atoms with Crippen LogP contribution in [0.15, 0.2) is 65.8 Å². The Kier molecular flexibility index (Phi) is 5.89. The van der Waals surface area contributed by atoms with E-state index in [0.29, 0.717) is 34.9 Å². The smallest absolute Gasteiger partial charge is 0.291 e. The van der Waals surface area contributed by atoms with Crippen LogP contribution in [0.3, 0.4) is 0 Å². The van der Waals surface area contributed by atoms with Gasteiger partial charge in [0.05, 0.1) is 22.5 Å². The lowest BCUT2D eigenvalue weighted by atomic mass is 10.1. The van der Waals surface area contributed by atoms with Gasteiger partial charge >= 0.3 is 6.18 Å². The molecule has 4 aromatic rings. The zero-order chi connectivity index (χ0) is 24.7. The number of hydrogen-bond donors (Lipinski definition) is 1. The Morgan fingerprint density at radius 3 is 2.47 bits per heavy atom. The fourth-order valence-corrected chi connectivity index (χ4v) is 4.70. The predicted octanol–water partition coefficient (Wildman–Crippen LogP) is 4.50. The van der Waals surface area contributed by atoms with E-state index in [1.165, 1.54) is 6.07 Å². The molecule has 0 bridgehead atoms. The molecular weight excluding hydrogens is 467 g/mol. The molecule has 0 amide bonds. The van der Waals surface area contributed by atoms with Crippen molar-refractivity contribution in [3.8, 4) is 23.3 Å². The highest BCUT2D eigenvalue weighted by atomic mass is 32.2. The summed E-state index contributed by atoms with van der Waals surface area (Å²) in [5.41, 5.74) is 2.63. The van der Waals surface area contributed by atoms with Gasteiger partial charge in [-0.15, -0.1) is 0 Å². The van der Waals surface area contributed by atoms with Crippen molar-refractivity contribution in [3.05, 3.63) is 72.1 Å². The van der Waals surface area contributed by atoms with Crippen LogP contribution in [0.25, 0.3) is 28.1 Å². The number of halogens is 3. The third-order valence-electron chi connectivity index (χ3n) is 5.23. The molecule has 7 nitrogen and oxygen atoms in total. The summed E-state index contributed by atoms with van der Waals surface area (Å²) in [5, 5.41) is 10.6. The van der Waals surface area contributed by atoms with Crippen LogP contribution in [0.2, 0.25) is 0 Å². The number of nitrogens with one attached hydrogen (secondary N) is 1. The van der Waals surface area contributed by atoms with E-state index in [2.05, 4.69) is 16.0 Å². The third-order valence-corrected chi connectivity index (χ3v) is 6.75. The van der Waals surface area contributed by atoms with Crippen LogP contribution in [0.4, 0.5) is 13.2 Å². The first-order chi connectivity index (χ1) is 16.0. The minimum atomic E-state index is -4.73. The van der Waals surface area contributed by atoms with Gasteiger partial charge in [0.25, 0.3) is 0 Å². The molecule has 1 unspecified atom stereocenters. The molecule has 3 aromatic heterocycles. The zero-order valence-corrected chi connectivity index (χ0v) is 18.8. The lowest BCUT2D eigenvalue weighted by Crippen LogP contribution is -2.42. The quantitative estimate of drug-likeness (QED) is 0.449. The molecule has 0 aliphatic heterocycles. The Bertz CT molecular complexity index is 1510. The van der Waals surface area contributed by atoms with Crippen LogP contribution in [0.1, 0.15) is 18.1 Å². The summed E-state index contributed by atoms with van der Waals surface area (Å²) in [6.07, 6.45) is -2.17. The van der Waals surface area contributed by atoms with E-state index in [0.717, 1.165) is 17.8 Å². The van der Waals surface area contributed by atoms with Crippen molar-refractivity contribution >= 4 is 20.9 Å². The molecule has 3 heterocycles. The van der Waals surface area contributed by atoms with Gasteiger partial charge in [-0.3, -0.25) is 9.55 Å². The number of hydrogen-bond acceptors (Lipinski definition) is 5. The van der Waals surface area contributed by atoms with Crippen molar-refractivity contribution in [2.45, 2.75) is 31.0 Å². The highest BCUT2D eigenvalue weighted by molar-refractivity contribution is 7.89. The molecule has 174 valence electrons. The number of benzene rings is 1. The number of alkyl halides is 3. The molecule has 4 rings (SSSR count). The van der Waals surface area contributed by atoms with Crippen LogP contribution in [-0.2, 0) is 10.0 Å². The highest BCUT2D eigenvalue weighted by Gasteiger charge is 2.39. The van der Waals surface area contributed by atoms with Crippen LogP contribution in [0, 0.1) is 18.3 Å². The molecule has 0 fully saturated rings. The number of rotatable bonds is 5. The first-order valence-corrected chi connectivity index (χ1v) is 11.5. The standard InChI is InChI=1S/C23H18F3N5O2S/c1-14-6-8-17-18(12-27)22(31(20(17)11-14)21-5-3-4-10-28-21)19-9-7-16(13-29-19)34(32,33)30-15(2)23(24,25)26/h3-11,13,15,30H,1-2H3. The molecule has 0 spiro atoms. The summed E-state index contributed by atoms with van der Waals surface area (Å²) in [5.74, 6) is 0.522. The average Bonchev–Trinajstić information content (AvgIpc) is 3.12. The molecule has 0 aliphatic carbocycles. The van der Waals surface area contributed by atoms with Crippen molar-refractivity contribution < 1.29 is 21.6 Å². The van der Waals surface area contributed by atoms with Gasteiger partial charge in [-0.2, -0.15) is 23.2 Å². The van der Waals surface area contributed by atoms with E-state index in [1.54, 1.807) is 33.7 Å². The number of nitrogens with zero attached hydrogens (tertiary/aromatic N) is 4. The van der Waals surface area contributed by atoms with Gasteiger partial charge in [-0.05, 0) is 49.7 Å². The summed E-state index contributed by atoms with van der Waals surface area (Å²) in [6.45, 7) is 2.62. The van der Waals surface area contributed by atoms with Gasteiger partial charge in [-0.25, -0.2) is 13.4 Å². The highest BCUT2D eigenvalue weighted by Crippen LogP contribution is 2.35. The number of aryl methyl sites for hydroxylation is 1. The van der Waals surface area contributed by atoms with E-state index in [1.807, 2.05) is 25.1 Å². The summed E-state index contributed by atoms with van der Waals surface area (Å²) < 4.78 is 66.6. The first kappa shape index (κ1) is 23.4. The van der Waals surface area contributed by atoms with Crippen LogP contribution < -0.4 is 4.72 Å². The van der Waals surface area contributed by atoms with Crippen LogP contribution in [0.5, 0.6) is 0 Å². The van der Waals surface area contributed by atoms with Crippen LogP contribution >= 0.6 is 0 Å². The second-order valence-electron chi connectivity index (χ2n) is 7.64. The molecule has 11 heteroatoms. The number of nitriles is 1. The SMILES string of the molecule is Cc1ccc2c(C#N)c(-c3ccc(S(=O)(=O)NC(C)C(F)(F)F)cn3)n(-c3ccccn3)c2c1. The van der Waals surface area contributed by atoms with E-state index >= 15 is 0 Å². The topological polar surface area (TPSA) is 101 Å². The molecule has 1 atom stereocenters. The Morgan fingerprint density at radius 1 is 1.12 bits per heavy atom. The molecule has 34 heavy (non-hydrogen) atoms. The van der Waals surface area contributed by atoms with Crippen molar-refractivity contribution in [2.75, 3.05) is 0 Å². The van der Waals surface area contributed by atoms with E-state index in [4.69, 9.17) is 0 Å². The molecule has 0 radical (unpaired) electrons. The summed E-state index contributed by atoms with van der Waals surface area (Å²) in [4.78, 5) is 8.16. The Balaban J connectivity index is 1.87. The van der Waals surface area contributed by atoms with Gasteiger partial charge < -0.3 is 0 Å². The molecule has 0 saturated carbocycles. The van der Waals surface area contributed by atoms with Crippen molar-refractivity contribution in [1.29, 1.82) is 5.26 Å². The Morgan fingerprint density at radius 2 is 1.88 bits per heavy atom. The van der Waals surface area contributed by atoms with Crippen molar-refractivity contribution in [1.82, 2.24) is 19.3 Å². The van der Waals surface area contributed by atoms with Crippen LogP contribution in [-0.4, -0.2) is 35.2 Å². The van der Waals surface area contributed by atoms with Gasteiger partial charge in [0.15, 0.2) is 0 Å². The Hall–Kier alpha value is -3.75. The summed E-state index contributed by atoms with van der Waals surface area (Å²) in [7, 11) is -4.47. The summed E-state index contributed by atoms with van der Waals surface area (Å²) >= 11 is 0. The zero-order valence-electron chi connectivity index (χ0n) is 18.0. The predicted molar refractivity (Wildman–Crippen MR) is 120 cm³/mol. The molecule has 0 aliphatic rings. The van der Waals surface area contributed by atoms with E-state index in [9.17, 15) is 26.9 Å². The maximum absolute atomic E-state index is 12.8. The monoisotopic (exact) mass is 485 g/mol. The second kappa shape index (κ2) is 8.55. The largest absolute Gasteiger partial charge is 0.404 e. The van der Waals surface area contributed by atoms with E-state index < -0.39 is 27.1 Å². The second-order valence-corrected chi connectivity index (χ2v) is 9.36. The molecular formula is C23H18F3N5O2S. The fourth-order valence-electron chi connectivity index (χ4n) is 3.52. The Labute approximate surface area is 193 Å². The maximum Gasteiger partial charge on any atom is 0.404 e. The van der Waals surface area contributed by atoms with E-state index in [-0.39, 0.29) is 5.69 Å². The van der Waals surface area contributed by atoms with Gasteiger partial charge in [0.2, 0.25) is 10.0 Å².